The van der Waals surface area contributed by atoms with Crippen LogP contribution in [0.3, 0.4) is 0 Å². The van der Waals surface area contributed by atoms with E-state index in [0.29, 0.717) is 32.5 Å². The van der Waals surface area contributed by atoms with Gasteiger partial charge >= 0.3 is 6.61 Å². The number of rotatable bonds is 4. The highest BCUT2D eigenvalue weighted by molar-refractivity contribution is 5.97. The molecule has 0 aromatic heterocycles. The van der Waals surface area contributed by atoms with Gasteiger partial charge in [0, 0.05) is 32.2 Å². The SMILES string of the molecule is Cl.NC1CCCN(C(=O)C2CCCN(C(=O)c3ccccc3OC(F)F)C2)C1. The molecule has 9 heteroatoms. The number of piperidine rings is 2. The fraction of sp³-hybridized carbons (Fsp3) is 0.579. The van der Waals surface area contributed by atoms with Gasteiger partial charge in [-0.05, 0) is 37.8 Å². The zero-order valence-electron chi connectivity index (χ0n) is 15.6. The van der Waals surface area contributed by atoms with Crippen molar-refractivity contribution in [2.24, 2.45) is 11.7 Å². The van der Waals surface area contributed by atoms with Gasteiger partial charge in [-0.25, -0.2) is 0 Å². The maximum absolute atomic E-state index is 12.9. The third kappa shape index (κ3) is 5.32. The molecular weight excluding hydrogens is 392 g/mol. The maximum Gasteiger partial charge on any atom is 0.387 e. The topological polar surface area (TPSA) is 75.9 Å². The molecule has 2 atom stereocenters. The summed E-state index contributed by atoms with van der Waals surface area (Å²) in [6.45, 7) is -0.980. The van der Waals surface area contributed by atoms with Crippen molar-refractivity contribution in [3.05, 3.63) is 29.8 Å². The first kappa shape index (κ1) is 22.4. The van der Waals surface area contributed by atoms with E-state index in [9.17, 15) is 18.4 Å². The van der Waals surface area contributed by atoms with Gasteiger partial charge in [0.2, 0.25) is 5.91 Å². The van der Waals surface area contributed by atoms with Crippen LogP contribution < -0.4 is 10.5 Å². The maximum atomic E-state index is 12.9. The fourth-order valence-corrected chi connectivity index (χ4v) is 3.84. The number of para-hydroxylation sites is 1. The van der Waals surface area contributed by atoms with Crippen LogP contribution in [0.25, 0.3) is 0 Å². The molecule has 2 N–H and O–H groups in total. The largest absolute Gasteiger partial charge is 0.434 e. The molecule has 156 valence electrons. The third-order valence-electron chi connectivity index (χ3n) is 5.16. The Bertz CT molecular complexity index is 692. The Balaban J connectivity index is 0.00000280. The number of ether oxygens (including phenoxy) is 1. The van der Waals surface area contributed by atoms with Crippen LogP contribution in [0, 0.1) is 5.92 Å². The van der Waals surface area contributed by atoms with Crippen molar-refractivity contribution in [2.75, 3.05) is 26.2 Å². The second kappa shape index (κ2) is 10.0. The number of hydrogen-bond acceptors (Lipinski definition) is 4. The summed E-state index contributed by atoms with van der Waals surface area (Å²) < 4.78 is 29.7. The minimum Gasteiger partial charge on any atom is -0.434 e. The normalized spacial score (nSPS) is 22.6. The van der Waals surface area contributed by atoms with Crippen LogP contribution in [0.15, 0.2) is 24.3 Å². The molecule has 2 aliphatic rings. The van der Waals surface area contributed by atoms with Crippen molar-refractivity contribution in [1.29, 1.82) is 0 Å². The van der Waals surface area contributed by atoms with E-state index < -0.39 is 6.61 Å². The molecule has 2 amide bonds. The van der Waals surface area contributed by atoms with E-state index in [4.69, 9.17) is 5.73 Å². The highest BCUT2D eigenvalue weighted by Crippen LogP contribution is 2.26. The molecule has 1 aromatic carbocycles. The molecule has 0 saturated carbocycles. The number of carbonyl (C=O) groups is 2. The van der Waals surface area contributed by atoms with Crippen LogP contribution in [-0.2, 0) is 4.79 Å². The van der Waals surface area contributed by atoms with Gasteiger partial charge in [-0.1, -0.05) is 12.1 Å². The van der Waals surface area contributed by atoms with E-state index in [-0.39, 0.29) is 54.0 Å². The smallest absolute Gasteiger partial charge is 0.387 e. The lowest BCUT2D eigenvalue weighted by Crippen LogP contribution is -2.51. The molecule has 6 nitrogen and oxygen atoms in total. The van der Waals surface area contributed by atoms with E-state index >= 15 is 0 Å². The lowest BCUT2D eigenvalue weighted by atomic mass is 9.94. The van der Waals surface area contributed by atoms with Crippen molar-refractivity contribution in [2.45, 2.75) is 38.3 Å². The van der Waals surface area contributed by atoms with Crippen molar-refractivity contribution in [1.82, 2.24) is 9.80 Å². The molecule has 1 aromatic rings. The number of halogens is 3. The van der Waals surface area contributed by atoms with Gasteiger partial charge in [0.1, 0.15) is 5.75 Å². The van der Waals surface area contributed by atoms with Crippen molar-refractivity contribution in [3.8, 4) is 5.75 Å². The molecule has 2 aliphatic heterocycles. The predicted molar refractivity (Wildman–Crippen MR) is 103 cm³/mol. The van der Waals surface area contributed by atoms with Crippen molar-refractivity contribution in [3.63, 3.8) is 0 Å². The molecule has 2 fully saturated rings. The van der Waals surface area contributed by atoms with Crippen LogP contribution in [0.2, 0.25) is 0 Å². The number of amides is 2. The van der Waals surface area contributed by atoms with Crippen LogP contribution >= 0.6 is 12.4 Å². The third-order valence-corrected chi connectivity index (χ3v) is 5.16. The molecular formula is C19H26ClF2N3O3. The number of nitrogens with two attached hydrogens (primary N) is 1. The zero-order chi connectivity index (χ0) is 19.4. The summed E-state index contributed by atoms with van der Waals surface area (Å²) in [6, 6.07) is 5.96. The standard InChI is InChI=1S/C19H25F2N3O3.ClH/c20-19(21)27-16-8-2-1-7-15(16)18(26)23-9-3-5-13(11-23)17(25)24-10-4-6-14(22)12-24;/h1-2,7-8,13-14,19H,3-6,9-12,22H2;1H. The van der Waals surface area contributed by atoms with E-state index in [1.807, 2.05) is 0 Å². The summed E-state index contributed by atoms with van der Waals surface area (Å²) in [4.78, 5) is 29.0. The highest BCUT2D eigenvalue weighted by Gasteiger charge is 2.33. The van der Waals surface area contributed by atoms with Crippen molar-refractivity contribution >= 4 is 24.2 Å². The summed E-state index contributed by atoms with van der Waals surface area (Å²) >= 11 is 0. The minimum atomic E-state index is -3.00. The molecule has 2 unspecified atom stereocenters. The van der Waals surface area contributed by atoms with Crippen LogP contribution in [0.1, 0.15) is 36.0 Å². The van der Waals surface area contributed by atoms with Crippen LogP contribution in [-0.4, -0.2) is 60.4 Å². The van der Waals surface area contributed by atoms with Gasteiger partial charge in [-0.15, -0.1) is 12.4 Å². The Hall–Kier alpha value is -1.93. The van der Waals surface area contributed by atoms with Gasteiger partial charge in [-0.3, -0.25) is 9.59 Å². The highest BCUT2D eigenvalue weighted by atomic mass is 35.5. The quantitative estimate of drug-likeness (QED) is 0.816. The average Bonchev–Trinajstić information content (AvgIpc) is 2.67. The number of hydrogen-bond donors (Lipinski definition) is 1. The molecule has 0 radical (unpaired) electrons. The lowest BCUT2D eigenvalue weighted by Gasteiger charge is -2.37. The first-order chi connectivity index (χ1) is 13.0. The molecule has 3 rings (SSSR count). The minimum absolute atomic E-state index is 0. The Morgan fingerprint density at radius 3 is 2.46 bits per heavy atom. The molecule has 0 spiro atoms. The first-order valence-electron chi connectivity index (χ1n) is 9.33. The summed E-state index contributed by atoms with van der Waals surface area (Å²) in [6.07, 6.45) is 3.21. The molecule has 28 heavy (non-hydrogen) atoms. The van der Waals surface area contributed by atoms with Crippen LogP contribution in [0.4, 0.5) is 8.78 Å². The van der Waals surface area contributed by atoms with Gasteiger partial charge in [0.15, 0.2) is 0 Å². The summed E-state index contributed by atoms with van der Waals surface area (Å²) in [5.74, 6) is -0.789. The van der Waals surface area contributed by atoms with Gasteiger partial charge in [0.05, 0.1) is 11.5 Å². The van der Waals surface area contributed by atoms with E-state index in [1.54, 1.807) is 15.9 Å². The number of nitrogens with zero attached hydrogens (tertiary/aromatic N) is 2. The molecule has 2 heterocycles. The fourth-order valence-electron chi connectivity index (χ4n) is 3.84. The number of carbonyl (C=O) groups excluding carboxylic acids is 2. The molecule has 2 saturated heterocycles. The average molecular weight is 418 g/mol. The van der Waals surface area contributed by atoms with Crippen LogP contribution in [0.5, 0.6) is 5.75 Å². The monoisotopic (exact) mass is 417 g/mol. The molecule has 0 aliphatic carbocycles. The van der Waals surface area contributed by atoms with E-state index in [1.165, 1.54) is 18.2 Å². The van der Waals surface area contributed by atoms with Gasteiger partial charge < -0.3 is 20.3 Å². The van der Waals surface area contributed by atoms with Gasteiger partial charge in [-0.2, -0.15) is 8.78 Å². The Labute approximate surface area is 169 Å². The number of likely N-dealkylation sites (tertiary alicyclic amines) is 2. The second-order valence-corrected chi connectivity index (χ2v) is 7.15. The zero-order valence-corrected chi connectivity index (χ0v) is 16.4. The van der Waals surface area contributed by atoms with Crippen molar-refractivity contribution < 1.29 is 23.1 Å². The Morgan fingerprint density at radius 2 is 1.75 bits per heavy atom. The second-order valence-electron chi connectivity index (χ2n) is 7.15. The lowest BCUT2D eigenvalue weighted by molar-refractivity contribution is -0.138. The Kier molecular flexibility index (Phi) is 8.00. The summed E-state index contributed by atoms with van der Waals surface area (Å²) in [7, 11) is 0. The molecule has 0 bridgehead atoms. The van der Waals surface area contributed by atoms with E-state index in [0.717, 1.165) is 12.8 Å². The summed E-state index contributed by atoms with van der Waals surface area (Å²) in [5, 5.41) is 0. The van der Waals surface area contributed by atoms with E-state index in [2.05, 4.69) is 4.74 Å². The van der Waals surface area contributed by atoms with Gasteiger partial charge in [0.25, 0.3) is 5.91 Å². The first-order valence-corrected chi connectivity index (χ1v) is 9.33. The number of benzene rings is 1. The number of alkyl halides is 2. The summed E-state index contributed by atoms with van der Waals surface area (Å²) in [5.41, 5.74) is 6.06. The Morgan fingerprint density at radius 1 is 1.07 bits per heavy atom. The predicted octanol–water partition coefficient (Wildman–Crippen LogP) is 2.51.